The minimum Gasteiger partial charge on any atom is -0.484 e. The van der Waals surface area contributed by atoms with Crippen molar-refractivity contribution in [2.24, 2.45) is 0 Å². The Hall–Kier alpha value is -1.28. The van der Waals surface area contributed by atoms with Crippen LogP contribution in [0.25, 0.3) is 0 Å². The Labute approximate surface area is 116 Å². The number of halogens is 3. The van der Waals surface area contributed by atoms with Gasteiger partial charge in [-0.1, -0.05) is 19.1 Å². The summed E-state index contributed by atoms with van der Waals surface area (Å²) in [6, 6.07) is 5.77. The Bertz CT molecular complexity index is 512. The molecule has 1 rings (SSSR count). The first kappa shape index (κ1) is 16.8. The Morgan fingerprint density at radius 1 is 1.20 bits per heavy atom. The summed E-state index contributed by atoms with van der Waals surface area (Å²) in [6.45, 7) is 0.503. The van der Waals surface area contributed by atoms with E-state index in [9.17, 15) is 21.6 Å². The predicted octanol–water partition coefficient (Wildman–Crippen LogP) is 2.46. The van der Waals surface area contributed by atoms with E-state index in [1.807, 2.05) is 0 Å². The molecule has 4 nitrogen and oxygen atoms in total. The molecule has 0 unspecified atom stereocenters. The van der Waals surface area contributed by atoms with E-state index in [0.717, 1.165) is 0 Å². The maximum absolute atomic E-state index is 11.9. The lowest BCUT2D eigenvalue weighted by Crippen LogP contribution is -2.25. The lowest BCUT2D eigenvalue weighted by atomic mass is 10.2. The lowest BCUT2D eigenvalue weighted by Gasteiger charge is -2.10. The van der Waals surface area contributed by atoms with Gasteiger partial charge >= 0.3 is 6.18 Å². The standard InChI is InChI=1S/C12H16F3NO3S/c1-2-7-20(17,18)16-8-10-3-5-11(6-4-10)19-9-12(13,14)15/h3-6,16H,2,7-9H2,1H3. The average Bonchev–Trinajstić information content (AvgIpc) is 2.34. The normalized spacial score (nSPS) is 12.4. The number of nitrogens with one attached hydrogen (secondary N) is 1. The molecule has 1 aromatic rings. The number of hydrogen-bond acceptors (Lipinski definition) is 3. The molecule has 1 aromatic carbocycles. The van der Waals surface area contributed by atoms with Crippen LogP contribution in [0.1, 0.15) is 18.9 Å². The third kappa shape index (κ3) is 6.76. The largest absolute Gasteiger partial charge is 0.484 e. The zero-order chi connectivity index (χ0) is 15.2. The van der Waals surface area contributed by atoms with Gasteiger partial charge < -0.3 is 4.74 Å². The summed E-state index contributed by atoms with van der Waals surface area (Å²) in [6.07, 6.45) is -3.87. The highest BCUT2D eigenvalue weighted by Crippen LogP contribution is 2.18. The fraction of sp³-hybridized carbons (Fsp3) is 0.500. The molecule has 0 aliphatic rings. The van der Waals surface area contributed by atoms with Gasteiger partial charge in [0.15, 0.2) is 6.61 Å². The Morgan fingerprint density at radius 3 is 2.30 bits per heavy atom. The summed E-state index contributed by atoms with van der Waals surface area (Å²) in [7, 11) is -3.30. The van der Waals surface area contributed by atoms with Gasteiger partial charge in [0.2, 0.25) is 10.0 Å². The van der Waals surface area contributed by atoms with Crippen LogP contribution < -0.4 is 9.46 Å². The molecule has 0 fully saturated rings. The number of hydrogen-bond donors (Lipinski definition) is 1. The van der Waals surface area contributed by atoms with Crippen LogP contribution in [0, 0.1) is 0 Å². The summed E-state index contributed by atoms with van der Waals surface area (Å²) in [5.74, 6) is 0.127. The number of benzene rings is 1. The molecule has 0 saturated carbocycles. The van der Waals surface area contributed by atoms with E-state index in [4.69, 9.17) is 0 Å². The predicted molar refractivity (Wildman–Crippen MR) is 68.9 cm³/mol. The van der Waals surface area contributed by atoms with Crippen molar-refractivity contribution in [3.05, 3.63) is 29.8 Å². The molecule has 0 radical (unpaired) electrons. The van der Waals surface area contributed by atoms with Crippen molar-refractivity contribution in [2.45, 2.75) is 26.1 Å². The number of alkyl halides is 3. The van der Waals surface area contributed by atoms with Gasteiger partial charge in [0.25, 0.3) is 0 Å². The van der Waals surface area contributed by atoms with Gasteiger partial charge in [-0.3, -0.25) is 0 Å². The van der Waals surface area contributed by atoms with Crippen LogP contribution in [0.4, 0.5) is 13.2 Å². The van der Waals surface area contributed by atoms with Gasteiger partial charge in [-0.2, -0.15) is 13.2 Å². The van der Waals surface area contributed by atoms with Crippen LogP contribution in [-0.2, 0) is 16.6 Å². The molecule has 20 heavy (non-hydrogen) atoms. The summed E-state index contributed by atoms with van der Waals surface area (Å²) in [5, 5.41) is 0. The Morgan fingerprint density at radius 2 is 1.80 bits per heavy atom. The molecule has 1 N–H and O–H groups in total. The van der Waals surface area contributed by atoms with E-state index >= 15 is 0 Å². The van der Waals surface area contributed by atoms with Gasteiger partial charge in [-0.25, -0.2) is 13.1 Å². The Kier molecular flexibility index (Phi) is 5.82. The van der Waals surface area contributed by atoms with E-state index in [2.05, 4.69) is 9.46 Å². The first-order valence-electron chi connectivity index (χ1n) is 5.98. The van der Waals surface area contributed by atoms with Gasteiger partial charge in [0.1, 0.15) is 5.75 Å². The highest BCUT2D eigenvalue weighted by Gasteiger charge is 2.28. The first-order valence-corrected chi connectivity index (χ1v) is 7.63. The summed E-state index contributed by atoms with van der Waals surface area (Å²) >= 11 is 0. The van der Waals surface area contributed by atoms with Crippen molar-refractivity contribution in [3.63, 3.8) is 0 Å². The zero-order valence-corrected chi connectivity index (χ0v) is 11.7. The molecule has 0 spiro atoms. The van der Waals surface area contributed by atoms with Gasteiger partial charge in [-0.05, 0) is 24.1 Å². The van der Waals surface area contributed by atoms with Crippen LogP contribution in [0.3, 0.4) is 0 Å². The zero-order valence-electron chi connectivity index (χ0n) is 10.9. The van der Waals surface area contributed by atoms with E-state index in [1.54, 1.807) is 6.92 Å². The molecule has 0 aliphatic carbocycles. The van der Waals surface area contributed by atoms with Crippen molar-refractivity contribution in [3.8, 4) is 5.75 Å². The van der Waals surface area contributed by atoms with Crippen molar-refractivity contribution in [1.29, 1.82) is 0 Å². The van der Waals surface area contributed by atoms with Crippen molar-refractivity contribution >= 4 is 10.0 Å². The number of sulfonamides is 1. The summed E-state index contributed by atoms with van der Waals surface area (Å²) in [4.78, 5) is 0. The molecule has 0 bridgehead atoms. The molecule has 0 atom stereocenters. The topological polar surface area (TPSA) is 55.4 Å². The number of rotatable bonds is 7. The lowest BCUT2D eigenvalue weighted by molar-refractivity contribution is -0.153. The van der Waals surface area contributed by atoms with Crippen LogP contribution in [0.2, 0.25) is 0 Å². The van der Waals surface area contributed by atoms with Crippen LogP contribution in [0.15, 0.2) is 24.3 Å². The van der Waals surface area contributed by atoms with E-state index in [0.29, 0.717) is 12.0 Å². The van der Waals surface area contributed by atoms with Crippen LogP contribution in [-0.4, -0.2) is 27.0 Å². The van der Waals surface area contributed by atoms with Crippen molar-refractivity contribution in [1.82, 2.24) is 4.72 Å². The second-order valence-corrected chi connectivity index (χ2v) is 6.11. The second kappa shape index (κ2) is 6.94. The monoisotopic (exact) mass is 311 g/mol. The molecule has 0 aliphatic heterocycles. The quantitative estimate of drug-likeness (QED) is 0.841. The first-order chi connectivity index (χ1) is 9.22. The van der Waals surface area contributed by atoms with Gasteiger partial charge in [0, 0.05) is 6.54 Å². The molecular weight excluding hydrogens is 295 g/mol. The third-order valence-electron chi connectivity index (χ3n) is 2.29. The Balaban J connectivity index is 2.51. The second-order valence-electron chi connectivity index (χ2n) is 4.19. The minimum absolute atomic E-state index is 0.0414. The third-order valence-corrected chi connectivity index (χ3v) is 3.82. The van der Waals surface area contributed by atoms with Gasteiger partial charge in [0.05, 0.1) is 5.75 Å². The average molecular weight is 311 g/mol. The van der Waals surface area contributed by atoms with E-state index < -0.39 is 22.8 Å². The minimum atomic E-state index is -4.38. The molecular formula is C12H16F3NO3S. The summed E-state index contributed by atoms with van der Waals surface area (Å²) in [5.41, 5.74) is 0.643. The molecule has 0 heterocycles. The smallest absolute Gasteiger partial charge is 0.422 e. The van der Waals surface area contributed by atoms with Crippen LogP contribution >= 0.6 is 0 Å². The van der Waals surface area contributed by atoms with Crippen LogP contribution in [0.5, 0.6) is 5.75 Å². The summed E-state index contributed by atoms with van der Waals surface area (Å²) < 4.78 is 65.6. The maximum atomic E-state index is 11.9. The molecule has 8 heteroatoms. The molecule has 0 amide bonds. The van der Waals surface area contributed by atoms with E-state index in [-0.39, 0.29) is 18.0 Å². The highest BCUT2D eigenvalue weighted by molar-refractivity contribution is 7.89. The SMILES string of the molecule is CCCS(=O)(=O)NCc1ccc(OCC(F)(F)F)cc1. The molecule has 0 saturated heterocycles. The highest BCUT2D eigenvalue weighted by atomic mass is 32.2. The number of ether oxygens (including phenoxy) is 1. The van der Waals surface area contributed by atoms with E-state index in [1.165, 1.54) is 24.3 Å². The fourth-order valence-electron chi connectivity index (χ4n) is 1.40. The molecule has 0 aromatic heterocycles. The van der Waals surface area contributed by atoms with Crippen molar-refractivity contribution < 1.29 is 26.3 Å². The maximum Gasteiger partial charge on any atom is 0.422 e. The fourth-order valence-corrected chi connectivity index (χ4v) is 2.47. The van der Waals surface area contributed by atoms with Gasteiger partial charge in [-0.15, -0.1) is 0 Å². The molecule has 114 valence electrons. The van der Waals surface area contributed by atoms with Crippen molar-refractivity contribution in [2.75, 3.05) is 12.4 Å².